The van der Waals surface area contributed by atoms with E-state index in [4.69, 9.17) is 0 Å². The number of rotatable bonds is 5. The maximum Gasteiger partial charge on any atom is 0.0998 e. The summed E-state index contributed by atoms with van der Waals surface area (Å²) in [6.45, 7) is 0. The molecule has 0 radical (unpaired) electrons. The molecule has 0 saturated carbocycles. The van der Waals surface area contributed by atoms with Crippen molar-refractivity contribution in [3.63, 3.8) is 0 Å². The average molecular weight is 687 g/mol. The van der Waals surface area contributed by atoms with Gasteiger partial charge in [-0.05, 0) is 82.9 Å². The van der Waals surface area contributed by atoms with Gasteiger partial charge in [0, 0.05) is 44.0 Å². The van der Waals surface area contributed by atoms with Crippen molar-refractivity contribution in [1.82, 2.24) is 9.13 Å². The van der Waals surface area contributed by atoms with Crippen LogP contribution in [-0.2, 0) is 0 Å². The molecule has 0 aliphatic rings. The normalized spacial score (nSPS) is 11.3. The van der Waals surface area contributed by atoms with Gasteiger partial charge in [-0.2, -0.15) is 10.5 Å². The maximum atomic E-state index is 10.5. The number of aromatic nitrogens is 2. The lowest BCUT2D eigenvalue weighted by molar-refractivity contribution is 1.17. The zero-order valence-corrected chi connectivity index (χ0v) is 29.1. The summed E-state index contributed by atoms with van der Waals surface area (Å²) in [5, 5.41) is 25.6. The topological polar surface area (TPSA) is 57.4 Å². The van der Waals surface area contributed by atoms with Crippen molar-refractivity contribution in [1.29, 1.82) is 10.5 Å². The summed E-state index contributed by atoms with van der Waals surface area (Å²) in [6.07, 6.45) is 0. The fourth-order valence-electron chi connectivity index (χ4n) is 8.10. The van der Waals surface area contributed by atoms with Crippen LogP contribution in [0.3, 0.4) is 0 Å². The average Bonchev–Trinajstić information content (AvgIpc) is 3.76. The Bertz CT molecular complexity index is 2950. The lowest BCUT2D eigenvalue weighted by atomic mass is 9.95. The summed E-state index contributed by atoms with van der Waals surface area (Å²) < 4.78 is 4.55. The highest BCUT2D eigenvalue weighted by atomic mass is 15.0. The summed E-state index contributed by atoms with van der Waals surface area (Å²) >= 11 is 0. The van der Waals surface area contributed by atoms with Crippen molar-refractivity contribution < 1.29 is 0 Å². The number of nitriles is 2. The number of nitrogens with zero attached hydrogens (tertiary/aromatic N) is 4. The van der Waals surface area contributed by atoms with E-state index in [0.29, 0.717) is 22.3 Å². The van der Waals surface area contributed by atoms with E-state index < -0.39 is 0 Å². The van der Waals surface area contributed by atoms with Crippen LogP contribution >= 0.6 is 0 Å². The minimum Gasteiger partial charge on any atom is -0.309 e. The van der Waals surface area contributed by atoms with Gasteiger partial charge < -0.3 is 9.13 Å². The van der Waals surface area contributed by atoms with E-state index in [0.717, 1.165) is 77.2 Å². The quantitative estimate of drug-likeness (QED) is 0.181. The van der Waals surface area contributed by atoms with Gasteiger partial charge in [-0.25, -0.2) is 0 Å². The minimum atomic E-state index is 0.506. The highest BCUT2D eigenvalue weighted by Gasteiger charge is 2.19. The number of fused-ring (bicyclic) bond motifs is 6. The van der Waals surface area contributed by atoms with Gasteiger partial charge in [-0.15, -0.1) is 0 Å². The van der Waals surface area contributed by atoms with Gasteiger partial charge in [0.2, 0.25) is 0 Å². The van der Waals surface area contributed by atoms with Crippen LogP contribution in [0.25, 0.3) is 88.4 Å². The van der Waals surface area contributed by atoms with Crippen LogP contribution in [0.5, 0.6) is 0 Å². The zero-order chi connectivity index (χ0) is 36.2. The van der Waals surface area contributed by atoms with Gasteiger partial charge in [0.25, 0.3) is 0 Å². The first kappa shape index (κ1) is 31.1. The minimum absolute atomic E-state index is 0.506. The van der Waals surface area contributed by atoms with Gasteiger partial charge in [0.1, 0.15) is 0 Å². The second-order valence-corrected chi connectivity index (χ2v) is 13.6. The van der Waals surface area contributed by atoms with Crippen molar-refractivity contribution in [3.05, 3.63) is 193 Å². The number of benzene rings is 8. The predicted molar refractivity (Wildman–Crippen MR) is 221 cm³/mol. The molecule has 4 nitrogen and oxygen atoms in total. The summed E-state index contributed by atoms with van der Waals surface area (Å²) in [6, 6.07) is 67.7. The van der Waals surface area contributed by atoms with E-state index in [1.807, 2.05) is 36.4 Å². The standard InChI is InChI=1S/C50H30N4/c51-31-37-19-23-39(53-47-17-9-7-15-41(47)43-25-21-35(27-49(43)53)33-11-3-1-4-12-33)29-45(37)46-30-40(24-20-38(46)32-52)54-48-18-10-8-16-42(48)44-26-22-36(28-50(44)54)34-13-5-2-6-14-34/h1-30H. The fraction of sp³-hybridized carbons (Fsp3) is 0. The smallest absolute Gasteiger partial charge is 0.0998 e. The van der Waals surface area contributed by atoms with E-state index >= 15 is 0 Å². The Morgan fingerprint density at radius 3 is 1.13 bits per heavy atom. The van der Waals surface area contributed by atoms with E-state index in [9.17, 15) is 10.5 Å². The molecule has 0 aliphatic heterocycles. The van der Waals surface area contributed by atoms with Gasteiger partial charge in [0.05, 0.1) is 45.3 Å². The second-order valence-electron chi connectivity index (χ2n) is 13.6. The maximum absolute atomic E-state index is 10.5. The molecule has 10 rings (SSSR count). The van der Waals surface area contributed by atoms with Crippen LogP contribution in [0, 0.1) is 22.7 Å². The molecule has 10 aromatic rings. The third-order valence-corrected chi connectivity index (χ3v) is 10.6. The predicted octanol–water partition coefficient (Wildman–Crippen LogP) is 12.6. The monoisotopic (exact) mass is 686 g/mol. The molecule has 0 aliphatic carbocycles. The third kappa shape index (κ3) is 4.90. The van der Waals surface area contributed by atoms with Crippen LogP contribution in [0.1, 0.15) is 11.1 Å². The van der Waals surface area contributed by atoms with E-state index in [1.54, 1.807) is 0 Å². The molecular weight excluding hydrogens is 657 g/mol. The highest BCUT2D eigenvalue weighted by Crippen LogP contribution is 2.39. The van der Waals surface area contributed by atoms with Crippen molar-refractivity contribution in [2.45, 2.75) is 0 Å². The van der Waals surface area contributed by atoms with Gasteiger partial charge in [-0.1, -0.05) is 121 Å². The third-order valence-electron chi connectivity index (χ3n) is 10.6. The molecule has 0 spiro atoms. The van der Waals surface area contributed by atoms with Crippen LogP contribution in [0.4, 0.5) is 0 Å². The summed E-state index contributed by atoms with van der Waals surface area (Å²) in [5.74, 6) is 0. The van der Waals surface area contributed by atoms with Crippen molar-refractivity contribution in [2.75, 3.05) is 0 Å². The molecule has 0 atom stereocenters. The molecule has 0 saturated heterocycles. The van der Waals surface area contributed by atoms with Crippen molar-refractivity contribution >= 4 is 43.6 Å². The number of hydrogen-bond acceptors (Lipinski definition) is 2. The van der Waals surface area contributed by atoms with E-state index in [2.05, 4.69) is 167 Å². The van der Waals surface area contributed by atoms with Crippen molar-refractivity contribution in [3.8, 4) is 56.9 Å². The highest BCUT2D eigenvalue weighted by molar-refractivity contribution is 6.11. The second kappa shape index (κ2) is 12.5. The summed E-state index contributed by atoms with van der Waals surface area (Å²) in [4.78, 5) is 0. The van der Waals surface area contributed by atoms with E-state index in [-0.39, 0.29) is 0 Å². The molecule has 0 N–H and O–H groups in total. The van der Waals surface area contributed by atoms with Crippen LogP contribution in [0.15, 0.2) is 182 Å². The SMILES string of the molecule is N#Cc1ccc(-n2c3ccccc3c3ccc(-c4ccccc4)cc32)cc1-c1cc(-n2c3ccccc3c3ccc(-c4ccccc4)cc32)ccc1C#N. The first-order valence-corrected chi connectivity index (χ1v) is 18.0. The Morgan fingerprint density at radius 2 is 0.704 bits per heavy atom. The molecule has 54 heavy (non-hydrogen) atoms. The van der Waals surface area contributed by atoms with Crippen LogP contribution in [-0.4, -0.2) is 9.13 Å². The van der Waals surface area contributed by atoms with Gasteiger partial charge in [-0.3, -0.25) is 0 Å². The first-order valence-electron chi connectivity index (χ1n) is 18.0. The lowest BCUT2D eigenvalue weighted by Gasteiger charge is -2.15. The zero-order valence-electron chi connectivity index (χ0n) is 29.1. The molecule has 250 valence electrons. The van der Waals surface area contributed by atoms with Gasteiger partial charge >= 0.3 is 0 Å². The number of hydrogen-bond donors (Lipinski definition) is 0. The molecular formula is C50H30N4. The molecule has 8 aromatic carbocycles. The fourth-order valence-corrected chi connectivity index (χ4v) is 8.10. The Balaban J connectivity index is 1.20. The lowest BCUT2D eigenvalue weighted by Crippen LogP contribution is -1.99. The first-order chi connectivity index (χ1) is 26.7. The Hall–Kier alpha value is -7.66. The number of para-hydroxylation sites is 2. The summed E-state index contributed by atoms with van der Waals surface area (Å²) in [7, 11) is 0. The molecule has 0 unspecified atom stereocenters. The Labute approximate surface area is 312 Å². The molecule has 2 heterocycles. The van der Waals surface area contributed by atoms with Crippen molar-refractivity contribution in [2.24, 2.45) is 0 Å². The molecule has 4 heteroatoms. The molecule has 2 aromatic heterocycles. The largest absolute Gasteiger partial charge is 0.309 e. The molecule has 0 bridgehead atoms. The molecule has 0 amide bonds. The Kier molecular flexibility index (Phi) is 7.22. The van der Waals surface area contributed by atoms with Crippen LogP contribution in [0.2, 0.25) is 0 Å². The molecule has 0 fully saturated rings. The summed E-state index contributed by atoms with van der Waals surface area (Å²) in [5.41, 5.74) is 13.1. The van der Waals surface area contributed by atoms with Crippen LogP contribution < -0.4 is 0 Å². The Morgan fingerprint density at radius 1 is 0.315 bits per heavy atom. The van der Waals surface area contributed by atoms with E-state index in [1.165, 1.54) is 0 Å². The van der Waals surface area contributed by atoms with Gasteiger partial charge in [0.15, 0.2) is 0 Å².